The van der Waals surface area contributed by atoms with Crippen molar-refractivity contribution < 1.29 is 19.5 Å². The monoisotopic (exact) mass is 242 g/mol. The van der Waals surface area contributed by atoms with Crippen LogP contribution in [0.5, 0.6) is 0 Å². The zero-order chi connectivity index (χ0) is 13.2. The topological polar surface area (TPSA) is 77.9 Å². The molecular weight excluding hydrogens is 224 g/mol. The summed E-state index contributed by atoms with van der Waals surface area (Å²) in [6, 6.07) is 0. The molecule has 0 saturated carbocycles. The number of carboxylic acid groups (broad SMARTS) is 1. The summed E-state index contributed by atoms with van der Waals surface area (Å²) in [6.45, 7) is 3.79. The third-order valence-electron chi connectivity index (χ3n) is 3.29. The second kappa shape index (κ2) is 4.83. The maximum absolute atomic E-state index is 11.4. The van der Waals surface area contributed by atoms with E-state index in [4.69, 9.17) is 5.11 Å². The molecule has 0 aliphatic carbocycles. The van der Waals surface area contributed by atoms with Crippen LogP contribution in [0, 0.1) is 0 Å². The Hall–Kier alpha value is -1.43. The van der Waals surface area contributed by atoms with Gasteiger partial charge in [0.05, 0.1) is 0 Å². The van der Waals surface area contributed by atoms with Crippen molar-refractivity contribution in [3.63, 3.8) is 0 Å². The van der Waals surface area contributed by atoms with Crippen molar-refractivity contribution in [3.8, 4) is 0 Å². The summed E-state index contributed by atoms with van der Waals surface area (Å²) >= 11 is 0. The van der Waals surface area contributed by atoms with Crippen LogP contribution in [0.1, 0.15) is 26.7 Å². The van der Waals surface area contributed by atoms with E-state index in [1.807, 2.05) is 0 Å². The molecule has 1 heterocycles. The van der Waals surface area contributed by atoms with E-state index in [-0.39, 0.29) is 31.2 Å². The fourth-order valence-corrected chi connectivity index (χ4v) is 1.57. The van der Waals surface area contributed by atoms with Crippen molar-refractivity contribution in [3.05, 3.63) is 0 Å². The minimum atomic E-state index is -1.01. The number of likely N-dealkylation sites (N-methyl/N-ethyl adjacent to an activating group) is 1. The molecule has 1 aliphatic rings. The maximum Gasteiger partial charge on any atom is 0.323 e. The predicted octanol–water partition coefficient (Wildman–Crippen LogP) is -0.0696. The van der Waals surface area contributed by atoms with Crippen molar-refractivity contribution in [1.29, 1.82) is 0 Å². The number of hydrogen-bond donors (Lipinski definition) is 1. The first-order valence-corrected chi connectivity index (χ1v) is 5.54. The van der Waals surface area contributed by atoms with E-state index in [0.717, 1.165) is 0 Å². The number of carboxylic acids is 1. The quantitative estimate of drug-likeness (QED) is 0.683. The lowest BCUT2D eigenvalue weighted by molar-refractivity contribution is -0.148. The van der Waals surface area contributed by atoms with Gasteiger partial charge in [-0.1, -0.05) is 0 Å². The molecule has 0 unspecified atom stereocenters. The number of hydrogen-bond acceptors (Lipinski definition) is 4. The molecule has 6 nitrogen and oxygen atoms in total. The molecule has 1 aliphatic heterocycles. The Kier molecular flexibility index (Phi) is 3.87. The van der Waals surface area contributed by atoms with Crippen molar-refractivity contribution in [1.82, 2.24) is 9.80 Å². The van der Waals surface area contributed by atoms with Crippen LogP contribution in [0.2, 0.25) is 0 Å². The fraction of sp³-hybridized carbons (Fsp3) is 0.727. The number of carbonyl (C=O) groups excluding carboxylic acids is 2. The van der Waals surface area contributed by atoms with E-state index in [9.17, 15) is 14.4 Å². The largest absolute Gasteiger partial charge is 0.480 e. The van der Waals surface area contributed by atoms with Gasteiger partial charge >= 0.3 is 5.97 Å². The maximum atomic E-state index is 11.4. The Morgan fingerprint density at radius 1 is 1.35 bits per heavy atom. The summed E-state index contributed by atoms with van der Waals surface area (Å²) in [4.78, 5) is 36.5. The van der Waals surface area contributed by atoms with Crippen LogP contribution in [0.25, 0.3) is 0 Å². The van der Waals surface area contributed by atoms with E-state index >= 15 is 0 Å². The van der Waals surface area contributed by atoms with Crippen LogP contribution in [-0.4, -0.2) is 58.4 Å². The molecule has 17 heavy (non-hydrogen) atoms. The van der Waals surface area contributed by atoms with Gasteiger partial charge in [0.15, 0.2) is 0 Å². The Morgan fingerprint density at radius 2 is 1.82 bits per heavy atom. The summed E-state index contributed by atoms with van der Waals surface area (Å²) in [6.07, 6.45) is 0.537. The molecule has 0 atom stereocenters. The molecule has 0 aromatic carbocycles. The number of rotatable bonds is 5. The first-order chi connectivity index (χ1) is 7.76. The Bertz CT molecular complexity index is 335. The van der Waals surface area contributed by atoms with Gasteiger partial charge in [-0.25, -0.2) is 0 Å². The highest BCUT2D eigenvalue weighted by Crippen LogP contribution is 2.15. The van der Waals surface area contributed by atoms with Gasteiger partial charge in [-0.05, 0) is 20.9 Å². The summed E-state index contributed by atoms with van der Waals surface area (Å²) in [5.74, 6) is -1.27. The zero-order valence-corrected chi connectivity index (χ0v) is 10.4. The standard InChI is InChI=1S/C11H18N2O4/c1-11(2,10(16)17)12(3)6-7-13-8(14)4-5-9(13)15/h4-7H2,1-3H3,(H,16,17). The van der Waals surface area contributed by atoms with E-state index in [0.29, 0.717) is 6.54 Å². The summed E-state index contributed by atoms with van der Waals surface area (Å²) in [7, 11) is 1.67. The molecule has 0 aromatic rings. The Labute approximate surface area is 100 Å². The average Bonchev–Trinajstić information content (AvgIpc) is 2.55. The fourth-order valence-electron chi connectivity index (χ4n) is 1.57. The van der Waals surface area contributed by atoms with E-state index < -0.39 is 11.5 Å². The first kappa shape index (κ1) is 13.6. The van der Waals surface area contributed by atoms with E-state index in [2.05, 4.69) is 0 Å². The second-order valence-electron chi connectivity index (χ2n) is 4.72. The minimum Gasteiger partial charge on any atom is -0.480 e. The Morgan fingerprint density at radius 3 is 2.24 bits per heavy atom. The minimum absolute atomic E-state index is 0.170. The van der Waals surface area contributed by atoms with Crippen LogP contribution in [0.3, 0.4) is 0 Å². The van der Waals surface area contributed by atoms with Gasteiger partial charge in [-0.2, -0.15) is 0 Å². The summed E-state index contributed by atoms with van der Waals surface area (Å²) in [5, 5.41) is 9.02. The highest BCUT2D eigenvalue weighted by Gasteiger charge is 2.34. The van der Waals surface area contributed by atoms with Crippen LogP contribution in [-0.2, 0) is 14.4 Å². The molecule has 1 N–H and O–H groups in total. The molecule has 6 heteroatoms. The number of imide groups is 1. The van der Waals surface area contributed by atoms with Crippen molar-refractivity contribution in [2.45, 2.75) is 32.2 Å². The van der Waals surface area contributed by atoms with Crippen molar-refractivity contribution >= 4 is 17.8 Å². The van der Waals surface area contributed by atoms with Gasteiger partial charge in [-0.3, -0.25) is 24.2 Å². The van der Waals surface area contributed by atoms with Gasteiger partial charge in [0.25, 0.3) is 0 Å². The van der Waals surface area contributed by atoms with Crippen LogP contribution in [0.4, 0.5) is 0 Å². The lowest BCUT2D eigenvalue weighted by atomic mass is 10.0. The highest BCUT2D eigenvalue weighted by molar-refractivity contribution is 6.01. The molecule has 0 radical (unpaired) electrons. The van der Waals surface area contributed by atoms with Gasteiger partial charge < -0.3 is 5.11 Å². The highest BCUT2D eigenvalue weighted by atomic mass is 16.4. The molecular formula is C11H18N2O4. The van der Waals surface area contributed by atoms with Gasteiger partial charge in [0.1, 0.15) is 5.54 Å². The number of amides is 2. The molecule has 1 saturated heterocycles. The molecule has 0 aromatic heterocycles. The summed E-state index contributed by atoms with van der Waals surface area (Å²) < 4.78 is 0. The molecule has 1 fully saturated rings. The van der Waals surface area contributed by atoms with Crippen molar-refractivity contribution in [2.75, 3.05) is 20.1 Å². The molecule has 0 spiro atoms. The van der Waals surface area contributed by atoms with Crippen LogP contribution < -0.4 is 0 Å². The number of nitrogens with zero attached hydrogens (tertiary/aromatic N) is 2. The van der Waals surface area contributed by atoms with E-state index in [1.165, 1.54) is 4.90 Å². The van der Waals surface area contributed by atoms with Gasteiger partial charge in [-0.15, -0.1) is 0 Å². The van der Waals surface area contributed by atoms with E-state index in [1.54, 1.807) is 25.8 Å². The third-order valence-corrected chi connectivity index (χ3v) is 3.29. The van der Waals surface area contributed by atoms with Gasteiger partial charge in [0, 0.05) is 25.9 Å². The zero-order valence-electron chi connectivity index (χ0n) is 10.4. The number of likely N-dealkylation sites (tertiary alicyclic amines) is 1. The Balaban J connectivity index is 2.54. The molecule has 96 valence electrons. The predicted molar refractivity (Wildman–Crippen MR) is 60.3 cm³/mol. The first-order valence-electron chi connectivity index (χ1n) is 5.54. The van der Waals surface area contributed by atoms with Gasteiger partial charge in [0.2, 0.25) is 11.8 Å². The molecule has 0 bridgehead atoms. The van der Waals surface area contributed by atoms with Crippen molar-refractivity contribution in [2.24, 2.45) is 0 Å². The second-order valence-corrected chi connectivity index (χ2v) is 4.72. The number of carbonyl (C=O) groups is 3. The van der Waals surface area contributed by atoms with Crippen LogP contribution >= 0.6 is 0 Å². The van der Waals surface area contributed by atoms with Crippen LogP contribution in [0.15, 0.2) is 0 Å². The summed E-state index contributed by atoms with van der Waals surface area (Å²) in [5.41, 5.74) is -1.01. The SMILES string of the molecule is CN(CCN1C(=O)CCC1=O)C(C)(C)C(=O)O. The third kappa shape index (κ3) is 2.82. The average molecular weight is 242 g/mol. The molecule has 2 amide bonds. The lowest BCUT2D eigenvalue weighted by Crippen LogP contribution is -2.50. The normalized spacial score (nSPS) is 17.1. The molecule has 1 rings (SSSR count). The lowest BCUT2D eigenvalue weighted by Gasteiger charge is -2.32. The number of aliphatic carboxylic acids is 1. The smallest absolute Gasteiger partial charge is 0.323 e.